The summed E-state index contributed by atoms with van der Waals surface area (Å²) in [4.78, 5) is 8.57. The van der Waals surface area contributed by atoms with Gasteiger partial charge >= 0.3 is 0 Å². The fourth-order valence-electron chi connectivity index (χ4n) is 2.87. The van der Waals surface area contributed by atoms with Gasteiger partial charge in [0, 0.05) is 32.3 Å². The summed E-state index contributed by atoms with van der Waals surface area (Å²) >= 11 is 0. The quantitative estimate of drug-likeness (QED) is 0.712. The number of rotatable bonds is 5. The molecule has 4 nitrogen and oxygen atoms in total. The molecule has 0 atom stereocenters. The van der Waals surface area contributed by atoms with Crippen molar-refractivity contribution in [3.8, 4) is 0 Å². The Morgan fingerprint density at radius 1 is 1.32 bits per heavy atom. The van der Waals surface area contributed by atoms with Gasteiger partial charge in [-0.15, -0.1) is 0 Å². The van der Waals surface area contributed by atoms with Crippen molar-refractivity contribution in [1.82, 2.24) is 9.80 Å². The predicted molar refractivity (Wildman–Crippen MR) is 79.3 cm³/mol. The van der Waals surface area contributed by atoms with Gasteiger partial charge in [0.1, 0.15) is 0 Å². The smallest absolute Gasteiger partial charge is 0.232 e. The van der Waals surface area contributed by atoms with Crippen molar-refractivity contribution < 1.29 is 4.74 Å². The highest BCUT2D eigenvalue weighted by Crippen LogP contribution is 2.31. The molecule has 1 saturated heterocycles. The van der Waals surface area contributed by atoms with Gasteiger partial charge in [-0.2, -0.15) is 0 Å². The molecule has 1 rings (SSSR count). The SMILES string of the molecule is [C-]#[N+]CC1(N(C)CCOC)CCN(C(C)(C)C)CC1. The Bertz CT molecular complexity index is 308. The molecule has 1 aliphatic rings. The first-order valence-corrected chi connectivity index (χ1v) is 7.14. The fraction of sp³-hybridized carbons (Fsp3) is 0.933. The topological polar surface area (TPSA) is 20.1 Å². The molecule has 0 N–H and O–H groups in total. The summed E-state index contributed by atoms with van der Waals surface area (Å²) in [5.41, 5.74) is 0.275. The van der Waals surface area contributed by atoms with E-state index in [0.717, 1.165) is 39.1 Å². The molecule has 0 amide bonds. The van der Waals surface area contributed by atoms with Gasteiger partial charge in [-0.3, -0.25) is 9.80 Å². The standard InChI is InChI=1S/C15H29N3O/c1-14(2,3)18-9-7-15(8-10-18,13-16-4)17(5)11-12-19-6/h7-13H2,1-3,5-6H3. The van der Waals surface area contributed by atoms with E-state index in [1.54, 1.807) is 7.11 Å². The monoisotopic (exact) mass is 267 g/mol. The van der Waals surface area contributed by atoms with Gasteiger partial charge in [0.25, 0.3) is 0 Å². The van der Waals surface area contributed by atoms with Crippen molar-refractivity contribution in [3.63, 3.8) is 0 Å². The summed E-state index contributed by atoms with van der Waals surface area (Å²) in [5, 5.41) is 0. The number of likely N-dealkylation sites (tertiary alicyclic amines) is 1. The van der Waals surface area contributed by atoms with Crippen LogP contribution in [0.2, 0.25) is 0 Å². The highest BCUT2D eigenvalue weighted by molar-refractivity contribution is 5.00. The first kappa shape index (κ1) is 16.4. The van der Waals surface area contributed by atoms with Crippen LogP contribution in [-0.4, -0.2) is 67.8 Å². The van der Waals surface area contributed by atoms with Gasteiger partial charge in [-0.05, 0) is 40.7 Å². The lowest BCUT2D eigenvalue weighted by Crippen LogP contribution is -2.59. The van der Waals surface area contributed by atoms with Crippen LogP contribution in [0.1, 0.15) is 33.6 Å². The highest BCUT2D eigenvalue weighted by atomic mass is 16.5. The van der Waals surface area contributed by atoms with Crippen LogP contribution in [0, 0.1) is 6.57 Å². The van der Waals surface area contributed by atoms with E-state index in [2.05, 4.69) is 42.5 Å². The van der Waals surface area contributed by atoms with Crippen LogP contribution >= 0.6 is 0 Å². The third-order valence-corrected chi connectivity index (χ3v) is 4.46. The number of likely N-dealkylation sites (N-methyl/N-ethyl adjacent to an activating group) is 1. The molecular formula is C15H29N3O. The van der Waals surface area contributed by atoms with Crippen LogP contribution in [0.25, 0.3) is 4.85 Å². The molecule has 0 radical (unpaired) electrons. The molecule has 110 valence electrons. The van der Waals surface area contributed by atoms with Crippen LogP contribution in [-0.2, 0) is 4.74 Å². The molecule has 0 spiro atoms. The van der Waals surface area contributed by atoms with Crippen molar-refractivity contribution in [1.29, 1.82) is 0 Å². The molecule has 4 heteroatoms. The second-order valence-electron chi connectivity index (χ2n) is 6.61. The van der Waals surface area contributed by atoms with Crippen LogP contribution in [0.15, 0.2) is 0 Å². The summed E-state index contributed by atoms with van der Waals surface area (Å²) < 4.78 is 5.17. The Kier molecular flexibility index (Phi) is 5.79. The van der Waals surface area contributed by atoms with Gasteiger partial charge in [-0.1, -0.05) is 0 Å². The number of nitrogens with zero attached hydrogens (tertiary/aromatic N) is 3. The lowest BCUT2D eigenvalue weighted by atomic mass is 9.84. The number of hydrogen-bond acceptors (Lipinski definition) is 3. The van der Waals surface area contributed by atoms with Crippen molar-refractivity contribution in [3.05, 3.63) is 11.4 Å². The van der Waals surface area contributed by atoms with Crippen LogP contribution in [0.5, 0.6) is 0 Å². The first-order chi connectivity index (χ1) is 8.85. The maximum atomic E-state index is 7.26. The lowest BCUT2D eigenvalue weighted by molar-refractivity contribution is 0.00549. The second-order valence-corrected chi connectivity index (χ2v) is 6.61. The van der Waals surface area contributed by atoms with Crippen molar-refractivity contribution in [2.75, 3.05) is 46.9 Å². The Morgan fingerprint density at radius 2 is 1.89 bits per heavy atom. The second kappa shape index (κ2) is 6.69. The third-order valence-electron chi connectivity index (χ3n) is 4.46. The van der Waals surface area contributed by atoms with E-state index < -0.39 is 0 Å². The minimum absolute atomic E-state index is 0.0437. The molecule has 0 aromatic rings. The van der Waals surface area contributed by atoms with Crippen molar-refractivity contribution in [2.45, 2.75) is 44.7 Å². The number of ether oxygens (including phenoxy) is 1. The maximum Gasteiger partial charge on any atom is 0.232 e. The largest absolute Gasteiger partial charge is 0.383 e. The number of methoxy groups -OCH3 is 1. The molecule has 0 bridgehead atoms. The summed E-state index contributed by atoms with van der Waals surface area (Å²) in [6.45, 7) is 18.5. The first-order valence-electron chi connectivity index (χ1n) is 7.14. The van der Waals surface area contributed by atoms with Crippen molar-refractivity contribution >= 4 is 0 Å². The average molecular weight is 267 g/mol. The molecule has 0 aromatic heterocycles. The zero-order valence-electron chi connectivity index (χ0n) is 13.2. The zero-order valence-corrected chi connectivity index (χ0v) is 13.2. The van der Waals surface area contributed by atoms with Crippen LogP contribution in [0.3, 0.4) is 0 Å². The number of piperidine rings is 1. The van der Waals surface area contributed by atoms with E-state index in [-0.39, 0.29) is 11.1 Å². The molecule has 0 saturated carbocycles. The lowest BCUT2D eigenvalue weighted by Gasteiger charge is -2.48. The van der Waals surface area contributed by atoms with E-state index in [4.69, 9.17) is 11.3 Å². The summed E-state index contributed by atoms with van der Waals surface area (Å²) in [6, 6.07) is 0. The minimum Gasteiger partial charge on any atom is -0.383 e. The van der Waals surface area contributed by atoms with E-state index in [9.17, 15) is 0 Å². The molecule has 0 aliphatic carbocycles. The van der Waals surface area contributed by atoms with E-state index in [1.165, 1.54) is 0 Å². The third kappa shape index (κ3) is 4.17. The Labute approximate surface area is 118 Å². The van der Waals surface area contributed by atoms with E-state index >= 15 is 0 Å². The van der Waals surface area contributed by atoms with Gasteiger partial charge in [0.15, 0.2) is 0 Å². The van der Waals surface area contributed by atoms with E-state index in [0.29, 0.717) is 6.54 Å². The van der Waals surface area contributed by atoms with Crippen LogP contribution < -0.4 is 0 Å². The Hall–Kier alpha value is -0.630. The summed E-state index contributed by atoms with van der Waals surface area (Å²) in [5.74, 6) is 0. The van der Waals surface area contributed by atoms with Crippen molar-refractivity contribution in [2.24, 2.45) is 0 Å². The molecule has 1 fully saturated rings. The Balaban J connectivity index is 2.68. The van der Waals surface area contributed by atoms with Crippen LogP contribution in [0.4, 0.5) is 0 Å². The number of hydrogen-bond donors (Lipinski definition) is 0. The molecule has 0 unspecified atom stereocenters. The van der Waals surface area contributed by atoms with Gasteiger partial charge < -0.3 is 9.58 Å². The zero-order chi connectivity index (χ0) is 14.5. The molecular weight excluding hydrogens is 238 g/mol. The summed E-state index contributed by atoms with van der Waals surface area (Å²) in [6.07, 6.45) is 2.15. The molecule has 1 heterocycles. The molecule has 1 aliphatic heterocycles. The van der Waals surface area contributed by atoms with Gasteiger partial charge in [0.2, 0.25) is 6.54 Å². The van der Waals surface area contributed by atoms with E-state index in [1.807, 2.05) is 0 Å². The Morgan fingerprint density at radius 3 is 2.32 bits per heavy atom. The molecule has 19 heavy (non-hydrogen) atoms. The average Bonchev–Trinajstić information content (AvgIpc) is 2.35. The molecule has 0 aromatic carbocycles. The normalized spacial score (nSPS) is 20.5. The summed E-state index contributed by atoms with van der Waals surface area (Å²) in [7, 11) is 3.87. The highest BCUT2D eigenvalue weighted by Gasteiger charge is 2.42. The minimum atomic E-state index is 0.0437. The fourth-order valence-corrected chi connectivity index (χ4v) is 2.87. The van der Waals surface area contributed by atoms with Gasteiger partial charge in [0.05, 0.1) is 12.1 Å². The van der Waals surface area contributed by atoms with Gasteiger partial charge in [-0.25, -0.2) is 6.57 Å². The maximum absolute atomic E-state index is 7.26. The predicted octanol–water partition coefficient (Wildman–Crippen LogP) is 2.12.